The van der Waals surface area contributed by atoms with E-state index in [4.69, 9.17) is 16.6 Å². The first kappa shape index (κ1) is 23.1. The first-order valence-electron chi connectivity index (χ1n) is 11.3. The van der Waals surface area contributed by atoms with Crippen LogP contribution in [-0.4, -0.2) is 29.9 Å². The lowest BCUT2D eigenvalue weighted by atomic mass is 10.2. The predicted octanol–water partition coefficient (Wildman–Crippen LogP) is 6.77. The normalized spacial score (nSPS) is 14.9. The monoisotopic (exact) mass is 437 g/mol. The molecule has 0 spiro atoms. The van der Waals surface area contributed by atoms with Gasteiger partial charge < -0.3 is 4.90 Å². The van der Waals surface area contributed by atoms with E-state index < -0.39 is 0 Å². The third kappa shape index (κ3) is 6.20. The van der Waals surface area contributed by atoms with E-state index in [1.165, 1.54) is 0 Å². The highest BCUT2D eigenvalue weighted by atomic mass is 35.5. The average molecular weight is 438 g/mol. The molecular formula is C26H32ClN3O. The summed E-state index contributed by atoms with van der Waals surface area (Å²) in [5, 5.41) is 0.605. The summed E-state index contributed by atoms with van der Waals surface area (Å²) in [5.41, 5.74) is 2.17. The highest BCUT2D eigenvalue weighted by molar-refractivity contribution is 6.32. The molecule has 0 fully saturated rings. The number of aliphatic imine (C=N–C) groups is 1. The summed E-state index contributed by atoms with van der Waals surface area (Å²) in [5.74, 6) is 0.596. The molecule has 0 aromatic heterocycles. The van der Waals surface area contributed by atoms with E-state index in [1.807, 2.05) is 60.7 Å². The molecule has 1 aliphatic rings. The average Bonchev–Trinajstić information content (AvgIpc) is 3.09. The minimum atomic E-state index is -0.114. The van der Waals surface area contributed by atoms with E-state index >= 15 is 0 Å². The highest BCUT2D eigenvalue weighted by Gasteiger charge is 2.34. The fourth-order valence-corrected chi connectivity index (χ4v) is 3.87. The second-order valence-corrected chi connectivity index (χ2v) is 8.31. The van der Waals surface area contributed by atoms with Crippen molar-refractivity contribution in [2.24, 2.45) is 4.99 Å². The van der Waals surface area contributed by atoms with Crippen LogP contribution in [0, 0.1) is 0 Å². The van der Waals surface area contributed by atoms with E-state index in [2.05, 4.69) is 18.7 Å². The van der Waals surface area contributed by atoms with Crippen molar-refractivity contribution in [3.8, 4) is 0 Å². The fraction of sp³-hybridized carbons (Fsp3) is 0.385. The van der Waals surface area contributed by atoms with E-state index in [0.29, 0.717) is 16.7 Å². The zero-order valence-electron chi connectivity index (χ0n) is 18.6. The second-order valence-electron chi connectivity index (χ2n) is 7.87. The van der Waals surface area contributed by atoms with Gasteiger partial charge in [0.1, 0.15) is 5.70 Å². The lowest BCUT2D eigenvalue weighted by molar-refractivity contribution is -0.113. The molecule has 2 aromatic rings. The van der Waals surface area contributed by atoms with Crippen LogP contribution in [0.25, 0.3) is 6.08 Å². The van der Waals surface area contributed by atoms with Gasteiger partial charge in [0.2, 0.25) is 5.96 Å². The molecule has 1 aliphatic heterocycles. The van der Waals surface area contributed by atoms with Crippen LogP contribution >= 0.6 is 11.6 Å². The number of hydrogen-bond acceptors (Lipinski definition) is 3. The van der Waals surface area contributed by atoms with Gasteiger partial charge in [0.05, 0.1) is 5.69 Å². The number of carbonyl (C=O) groups is 1. The van der Waals surface area contributed by atoms with Crippen molar-refractivity contribution >= 4 is 35.2 Å². The van der Waals surface area contributed by atoms with Crippen LogP contribution in [0.2, 0.25) is 5.02 Å². The number of rotatable bonds is 10. The molecule has 0 N–H and O–H groups in total. The van der Waals surface area contributed by atoms with Gasteiger partial charge in [-0.25, -0.2) is 9.89 Å². The van der Waals surface area contributed by atoms with E-state index in [0.717, 1.165) is 62.9 Å². The van der Waals surface area contributed by atoms with Gasteiger partial charge in [-0.3, -0.25) is 4.79 Å². The van der Waals surface area contributed by atoms with Crippen molar-refractivity contribution in [2.75, 3.05) is 18.0 Å². The Hall–Kier alpha value is -2.59. The molecule has 0 saturated heterocycles. The number of carbonyl (C=O) groups excluding carboxylic acids is 1. The van der Waals surface area contributed by atoms with Crippen molar-refractivity contribution in [2.45, 2.75) is 52.4 Å². The predicted molar refractivity (Wildman–Crippen MR) is 131 cm³/mol. The molecule has 0 bridgehead atoms. The summed E-state index contributed by atoms with van der Waals surface area (Å²) < 4.78 is 0. The molecule has 3 rings (SSSR count). The summed E-state index contributed by atoms with van der Waals surface area (Å²) in [7, 11) is 0. The molecule has 1 amide bonds. The van der Waals surface area contributed by atoms with Crippen molar-refractivity contribution in [1.82, 2.24) is 4.90 Å². The minimum absolute atomic E-state index is 0.114. The van der Waals surface area contributed by atoms with Gasteiger partial charge in [0, 0.05) is 18.1 Å². The standard InChI is InChI=1S/C26H32ClN3O/c1-3-5-10-17-29(18-11-6-4-2)26-28-24(19-21-13-8-7-9-14-21)25(31)30(26)23-16-12-15-22(27)20-23/h7-9,12-16,19-20H,3-6,10-11,17-18H2,1-2H3. The molecule has 5 heteroatoms. The molecule has 0 unspecified atom stereocenters. The zero-order valence-corrected chi connectivity index (χ0v) is 19.3. The van der Waals surface area contributed by atoms with E-state index in [-0.39, 0.29) is 5.91 Å². The number of nitrogens with zero attached hydrogens (tertiary/aromatic N) is 3. The van der Waals surface area contributed by atoms with Crippen LogP contribution in [0.4, 0.5) is 5.69 Å². The molecule has 4 nitrogen and oxygen atoms in total. The molecule has 0 aliphatic carbocycles. The van der Waals surface area contributed by atoms with Crippen LogP contribution in [0.5, 0.6) is 0 Å². The topological polar surface area (TPSA) is 35.9 Å². The Morgan fingerprint density at radius 1 is 0.935 bits per heavy atom. The van der Waals surface area contributed by atoms with Gasteiger partial charge in [0.15, 0.2) is 0 Å². The number of hydrogen-bond donors (Lipinski definition) is 0. The van der Waals surface area contributed by atoms with Crippen molar-refractivity contribution < 1.29 is 4.79 Å². The Morgan fingerprint density at radius 3 is 2.23 bits per heavy atom. The molecule has 164 valence electrons. The summed E-state index contributed by atoms with van der Waals surface area (Å²) >= 11 is 6.26. The molecule has 2 aromatic carbocycles. The zero-order chi connectivity index (χ0) is 22.1. The summed E-state index contributed by atoms with van der Waals surface area (Å²) in [4.78, 5) is 22.3. The van der Waals surface area contributed by atoms with Gasteiger partial charge in [-0.15, -0.1) is 0 Å². The number of halogens is 1. The highest BCUT2D eigenvalue weighted by Crippen LogP contribution is 2.28. The number of anilines is 1. The summed E-state index contributed by atoms with van der Waals surface area (Å²) in [6.45, 7) is 6.19. The fourth-order valence-electron chi connectivity index (χ4n) is 3.69. The third-order valence-corrected chi connectivity index (χ3v) is 5.59. The van der Waals surface area contributed by atoms with Crippen molar-refractivity contribution in [3.63, 3.8) is 0 Å². The first-order valence-corrected chi connectivity index (χ1v) is 11.7. The van der Waals surface area contributed by atoms with Gasteiger partial charge in [0.25, 0.3) is 5.91 Å². The van der Waals surface area contributed by atoms with Gasteiger partial charge in [-0.2, -0.15) is 0 Å². The van der Waals surface area contributed by atoms with Crippen molar-refractivity contribution in [3.05, 3.63) is 70.9 Å². The molecule has 31 heavy (non-hydrogen) atoms. The Labute approximate surface area is 191 Å². The van der Waals surface area contributed by atoms with Crippen LogP contribution in [0.3, 0.4) is 0 Å². The summed E-state index contributed by atoms with van der Waals surface area (Å²) in [6, 6.07) is 17.3. The quantitative estimate of drug-likeness (QED) is 0.304. The molecular weight excluding hydrogens is 406 g/mol. The number of amides is 1. The SMILES string of the molecule is CCCCCN(CCCCC)C1=NC(=Cc2ccccc2)C(=O)N1c1cccc(Cl)c1. The van der Waals surface area contributed by atoms with Gasteiger partial charge >= 0.3 is 0 Å². The van der Waals surface area contributed by atoms with Crippen LogP contribution in [0.1, 0.15) is 57.9 Å². The Bertz CT molecular complexity index is 913. The van der Waals surface area contributed by atoms with E-state index in [1.54, 1.807) is 4.90 Å². The van der Waals surface area contributed by atoms with Crippen molar-refractivity contribution in [1.29, 1.82) is 0 Å². The third-order valence-electron chi connectivity index (χ3n) is 5.36. The van der Waals surface area contributed by atoms with E-state index in [9.17, 15) is 4.79 Å². The maximum Gasteiger partial charge on any atom is 0.283 e. The minimum Gasteiger partial charge on any atom is -0.342 e. The number of guanidine groups is 1. The Morgan fingerprint density at radius 2 is 1.61 bits per heavy atom. The number of unbranched alkanes of at least 4 members (excludes halogenated alkanes) is 4. The summed E-state index contributed by atoms with van der Waals surface area (Å²) in [6.07, 6.45) is 8.67. The lowest BCUT2D eigenvalue weighted by Gasteiger charge is -2.30. The Balaban J connectivity index is 1.99. The number of benzene rings is 2. The first-order chi connectivity index (χ1) is 15.1. The lowest BCUT2D eigenvalue weighted by Crippen LogP contribution is -2.45. The van der Waals surface area contributed by atoms with Crippen LogP contribution in [0.15, 0.2) is 65.3 Å². The van der Waals surface area contributed by atoms with Gasteiger partial charge in [-0.1, -0.05) is 87.5 Å². The molecule has 0 radical (unpaired) electrons. The maximum atomic E-state index is 13.5. The van der Waals surface area contributed by atoms with Crippen LogP contribution in [-0.2, 0) is 4.79 Å². The molecule has 1 heterocycles. The smallest absolute Gasteiger partial charge is 0.283 e. The second kappa shape index (κ2) is 11.7. The molecule has 0 saturated carbocycles. The largest absolute Gasteiger partial charge is 0.342 e. The van der Waals surface area contributed by atoms with Crippen LogP contribution < -0.4 is 4.90 Å². The van der Waals surface area contributed by atoms with Gasteiger partial charge in [-0.05, 0) is 42.7 Å². The maximum absolute atomic E-state index is 13.5. The Kier molecular flexibility index (Phi) is 8.72. The molecule has 0 atom stereocenters.